The normalized spacial score (nSPS) is 25.9. The third-order valence-electron chi connectivity index (χ3n) is 4.28. The summed E-state index contributed by atoms with van der Waals surface area (Å²) in [5.74, 6) is 8.32. The molecule has 18 heavy (non-hydrogen) atoms. The SMILES string of the molecule is CCC1CCC(C(NN)c2sccc2OC)CC1. The fourth-order valence-corrected chi connectivity index (χ4v) is 4.07. The Balaban J connectivity index is 2.05. The molecular weight excluding hydrogens is 244 g/mol. The van der Waals surface area contributed by atoms with Crippen LogP contribution in [0, 0.1) is 11.8 Å². The Labute approximate surface area is 114 Å². The van der Waals surface area contributed by atoms with Crippen molar-refractivity contribution in [3.8, 4) is 5.75 Å². The highest BCUT2D eigenvalue weighted by Gasteiger charge is 2.29. The van der Waals surface area contributed by atoms with Gasteiger partial charge in [0.25, 0.3) is 0 Å². The van der Waals surface area contributed by atoms with E-state index in [0.717, 1.165) is 11.7 Å². The molecule has 1 saturated carbocycles. The van der Waals surface area contributed by atoms with Gasteiger partial charge in [0, 0.05) is 0 Å². The topological polar surface area (TPSA) is 47.3 Å². The molecule has 0 radical (unpaired) electrons. The van der Waals surface area contributed by atoms with Crippen LogP contribution in [0.2, 0.25) is 0 Å². The summed E-state index contributed by atoms with van der Waals surface area (Å²) >= 11 is 1.74. The summed E-state index contributed by atoms with van der Waals surface area (Å²) in [5, 5.41) is 2.08. The molecule has 4 heteroatoms. The van der Waals surface area contributed by atoms with Gasteiger partial charge in [0.15, 0.2) is 0 Å². The minimum absolute atomic E-state index is 0.248. The van der Waals surface area contributed by atoms with Crippen LogP contribution in [0.4, 0.5) is 0 Å². The molecule has 1 aromatic rings. The van der Waals surface area contributed by atoms with Gasteiger partial charge in [-0.25, -0.2) is 0 Å². The van der Waals surface area contributed by atoms with Crippen LogP contribution >= 0.6 is 11.3 Å². The van der Waals surface area contributed by atoms with Gasteiger partial charge >= 0.3 is 0 Å². The van der Waals surface area contributed by atoms with Crippen molar-refractivity contribution in [2.24, 2.45) is 17.7 Å². The lowest BCUT2D eigenvalue weighted by atomic mass is 9.77. The molecule has 0 bridgehead atoms. The van der Waals surface area contributed by atoms with Crippen LogP contribution in [0.3, 0.4) is 0 Å². The van der Waals surface area contributed by atoms with Gasteiger partial charge in [0.2, 0.25) is 0 Å². The van der Waals surface area contributed by atoms with Gasteiger partial charge in [-0.2, -0.15) is 0 Å². The van der Waals surface area contributed by atoms with Gasteiger partial charge < -0.3 is 4.74 Å². The summed E-state index contributed by atoms with van der Waals surface area (Å²) in [5.41, 5.74) is 3.01. The number of hydrogen-bond acceptors (Lipinski definition) is 4. The Morgan fingerprint density at radius 3 is 2.72 bits per heavy atom. The molecule has 2 rings (SSSR count). The van der Waals surface area contributed by atoms with Gasteiger partial charge in [-0.15, -0.1) is 11.3 Å². The smallest absolute Gasteiger partial charge is 0.134 e. The molecule has 1 aliphatic rings. The van der Waals surface area contributed by atoms with Crippen LogP contribution in [0.15, 0.2) is 11.4 Å². The van der Waals surface area contributed by atoms with Gasteiger partial charge in [-0.05, 0) is 36.1 Å². The van der Waals surface area contributed by atoms with E-state index in [1.807, 2.05) is 6.07 Å². The van der Waals surface area contributed by atoms with Crippen LogP contribution in [-0.2, 0) is 0 Å². The van der Waals surface area contributed by atoms with Crippen molar-refractivity contribution in [1.29, 1.82) is 0 Å². The maximum absolute atomic E-state index is 5.79. The van der Waals surface area contributed by atoms with E-state index in [1.165, 1.54) is 37.0 Å². The monoisotopic (exact) mass is 268 g/mol. The van der Waals surface area contributed by atoms with Crippen LogP contribution in [-0.4, -0.2) is 7.11 Å². The van der Waals surface area contributed by atoms with Crippen molar-refractivity contribution in [3.05, 3.63) is 16.3 Å². The number of nitrogens with two attached hydrogens (primary N) is 1. The fraction of sp³-hybridized carbons (Fsp3) is 0.714. The average Bonchev–Trinajstić information content (AvgIpc) is 2.89. The van der Waals surface area contributed by atoms with E-state index in [1.54, 1.807) is 18.4 Å². The largest absolute Gasteiger partial charge is 0.496 e. The third kappa shape index (κ3) is 2.87. The quantitative estimate of drug-likeness (QED) is 0.635. The molecule has 102 valence electrons. The summed E-state index contributed by atoms with van der Waals surface area (Å²) in [6.45, 7) is 2.30. The average molecular weight is 268 g/mol. The molecule has 1 fully saturated rings. The molecule has 1 atom stereocenters. The Morgan fingerprint density at radius 1 is 1.44 bits per heavy atom. The highest BCUT2D eigenvalue weighted by Crippen LogP contribution is 2.41. The van der Waals surface area contributed by atoms with E-state index in [0.29, 0.717) is 5.92 Å². The first kappa shape index (κ1) is 13.8. The summed E-state index contributed by atoms with van der Waals surface area (Å²) in [7, 11) is 1.73. The first-order valence-corrected chi connectivity index (χ1v) is 7.75. The van der Waals surface area contributed by atoms with Crippen molar-refractivity contribution >= 4 is 11.3 Å². The van der Waals surface area contributed by atoms with Crippen LogP contribution in [0.1, 0.15) is 49.9 Å². The highest BCUT2D eigenvalue weighted by atomic mass is 32.1. The zero-order valence-corrected chi connectivity index (χ0v) is 12.1. The second kappa shape index (κ2) is 6.55. The molecule has 3 nitrogen and oxygen atoms in total. The lowest BCUT2D eigenvalue weighted by Crippen LogP contribution is -2.35. The Morgan fingerprint density at radius 2 is 2.17 bits per heavy atom. The maximum Gasteiger partial charge on any atom is 0.134 e. The Bertz CT molecular complexity index is 358. The van der Waals surface area contributed by atoms with E-state index in [4.69, 9.17) is 10.6 Å². The Hall–Kier alpha value is -0.580. The predicted octanol–water partition coefficient (Wildman–Crippen LogP) is 3.48. The molecule has 0 aliphatic heterocycles. The van der Waals surface area contributed by atoms with Crippen LogP contribution < -0.4 is 16.0 Å². The minimum atomic E-state index is 0.248. The van der Waals surface area contributed by atoms with E-state index in [-0.39, 0.29) is 6.04 Å². The molecule has 1 unspecified atom stereocenters. The maximum atomic E-state index is 5.79. The lowest BCUT2D eigenvalue weighted by molar-refractivity contribution is 0.219. The van der Waals surface area contributed by atoms with Gasteiger partial charge in [0.05, 0.1) is 18.0 Å². The second-order valence-electron chi connectivity index (χ2n) is 5.19. The van der Waals surface area contributed by atoms with Crippen molar-refractivity contribution in [1.82, 2.24) is 5.43 Å². The predicted molar refractivity (Wildman–Crippen MR) is 76.7 cm³/mol. The van der Waals surface area contributed by atoms with E-state index in [9.17, 15) is 0 Å². The molecule has 0 saturated heterocycles. The molecule has 1 aliphatic carbocycles. The van der Waals surface area contributed by atoms with Gasteiger partial charge in [-0.3, -0.25) is 11.3 Å². The van der Waals surface area contributed by atoms with Crippen molar-refractivity contribution < 1.29 is 4.74 Å². The van der Waals surface area contributed by atoms with Crippen molar-refractivity contribution in [3.63, 3.8) is 0 Å². The zero-order chi connectivity index (χ0) is 13.0. The standard InChI is InChI=1S/C14H24N2OS/c1-3-10-4-6-11(7-5-10)13(16-15)14-12(17-2)8-9-18-14/h8-11,13,16H,3-7,15H2,1-2H3. The third-order valence-corrected chi connectivity index (χ3v) is 5.26. The minimum Gasteiger partial charge on any atom is -0.496 e. The molecular formula is C14H24N2OS. The highest BCUT2D eigenvalue weighted by molar-refractivity contribution is 7.10. The number of methoxy groups -OCH3 is 1. The summed E-state index contributed by atoms with van der Waals surface area (Å²) in [6, 6.07) is 2.28. The molecule has 3 N–H and O–H groups in total. The molecule has 1 heterocycles. The number of hydrazine groups is 1. The first-order chi connectivity index (χ1) is 8.80. The lowest BCUT2D eigenvalue weighted by Gasteiger charge is -2.33. The van der Waals surface area contributed by atoms with Gasteiger partial charge in [0.1, 0.15) is 5.75 Å². The number of hydrogen-bond donors (Lipinski definition) is 2. The van der Waals surface area contributed by atoms with Crippen LogP contribution in [0.5, 0.6) is 5.75 Å². The molecule has 1 aromatic heterocycles. The number of nitrogens with one attached hydrogen (secondary N) is 1. The van der Waals surface area contributed by atoms with Crippen LogP contribution in [0.25, 0.3) is 0 Å². The summed E-state index contributed by atoms with van der Waals surface area (Å²) in [4.78, 5) is 1.25. The van der Waals surface area contributed by atoms with Crippen molar-refractivity contribution in [2.45, 2.75) is 45.1 Å². The summed E-state index contributed by atoms with van der Waals surface area (Å²) < 4.78 is 5.42. The summed E-state index contributed by atoms with van der Waals surface area (Å²) in [6.07, 6.45) is 6.54. The fourth-order valence-electron chi connectivity index (χ4n) is 3.06. The van der Waals surface area contributed by atoms with E-state index < -0.39 is 0 Å². The van der Waals surface area contributed by atoms with E-state index in [2.05, 4.69) is 17.7 Å². The molecule has 0 aromatic carbocycles. The number of rotatable bonds is 5. The van der Waals surface area contributed by atoms with E-state index >= 15 is 0 Å². The molecule has 0 amide bonds. The molecule has 0 spiro atoms. The Kier molecular flexibility index (Phi) is 5.03. The first-order valence-electron chi connectivity index (χ1n) is 6.87. The van der Waals surface area contributed by atoms with Crippen molar-refractivity contribution in [2.75, 3.05) is 7.11 Å². The number of ether oxygens (including phenoxy) is 1. The second-order valence-corrected chi connectivity index (χ2v) is 6.13. The van der Waals surface area contributed by atoms with Gasteiger partial charge in [-0.1, -0.05) is 26.2 Å². The zero-order valence-electron chi connectivity index (χ0n) is 11.3. The number of thiophene rings is 1.